The average Bonchev–Trinajstić information content (AvgIpc) is 2.72. The molecule has 0 aliphatic rings. The molecule has 0 saturated carbocycles. The third-order valence-electron chi connectivity index (χ3n) is 1.84. The summed E-state index contributed by atoms with van der Waals surface area (Å²) in [5, 5.41) is 0. The Morgan fingerprint density at radius 3 is 2.71 bits per heavy atom. The van der Waals surface area contributed by atoms with Crippen LogP contribution in [0.1, 0.15) is 11.3 Å². The molecule has 0 aliphatic carbocycles. The van der Waals surface area contributed by atoms with Gasteiger partial charge in [-0.25, -0.2) is 4.98 Å². The van der Waals surface area contributed by atoms with Gasteiger partial charge in [0.25, 0.3) is 0 Å². The third kappa shape index (κ3) is 2.44. The Labute approximate surface area is 82.3 Å². The van der Waals surface area contributed by atoms with E-state index in [9.17, 15) is 0 Å². The Morgan fingerprint density at radius 2 is 2.00 bits per heavy atom. The van der Waals surface area contributed by atoms with Crippen molar-refractivity contribution in [2.45, 2.75) is 13.2 Å². The molecule has 0 unspecified atom stereocenters. The molecular weight excluding hydrogens is 178 g/mol. The fourth-order valence-corrected chi connectivity index (χ4v) is 1.16. The van der Waals surface area contributed by atoms with Gasteiger partial charge in [0.2, 0.25) is 0 Å². The Kier molecular flexibility index (Phi) is 2.93. The summed E-state index contributed by atoms with van der Waals surface area (Å²) in [6, 6.07) is 10.0. The topological polar surface area (TPSA) is 35.3 Å². The fraction of sp³-hybridized carbons (Fsp3) is 0.182. The SMILES string of the molecule is c1ccc(COCc2cnco2)cc1. The van der Waals surface area contributed by atoms with Crippen molar-refractivity contribution in [2.24, 2.45) is 0 Å². The second kappa shape index (κ2) is 4.58. The number of hydrogen-bond donors (Lipinski definition) is 0. The van der Waals surface area contributed by atoms with Crippen LogP contribution in [0.15, 0.2) is 47.3 Å². The number of aromatic nitrogens is 1. The largest absolute Gasteiger partial charge is 0.446 e. The van der Waals surface area contributed by atoms with Crippen LogP contribution < -0.4 is 0 Å². The summed E-state index contributed by atoms with van der Waals surface area (Å²) in [6.07, 6.45) is 3.06. The molecule has 0 N–H and O–H groups in total. The van der Waals surface area contributed by atoms with Crippen molar-refractivity contribution < 1.29 is 9.15 Å². The first-order valence-corrected chi connectivity index (χ1v) is 4.44. The van der Waals surface area contributed by atoms with Gasteiger partial charge in [0.1, 0.15) is 12.4 Å². The highest BCUT2D eigenvalue weighted by Crippen LogP contribution is 2.04. The van der Waals surface area contributed by atoms with E-state index >= 15 is 0 Å². The van der Waals surface area contributed by atoms with Crippen LogP contribution in [-0.4, -0.2) is 4.98 Å². The highest BCUT2D eigenvalue weighted by molar-refractivity contribution is 5.13. The Bertz CT molecular complexity index is 356. The second-order valence-corrected chi connectivity index (χ2v) is 2.95. The van der Waals surface area contributed by atoms with Crippen LogP contribution in [0.4, 0.5) is 0 Å². The second-order valence-electron chi connectivity index (χ2n) is 2.95. The molecule has 0 amide bonds. The van der Waals surface area contributed by atoms with E-state index in [1.165, 1.54) is 6.39 Å². The van der Waals surface area contributed by atoms with Crippen molar-refractivity contribution >= 4 is 0 Å². The predicted molar refractivity (Wildman–Crippen MR) is 51.4 cm³/mol. The van der Waals surface area contributed by atoms with Crippen molar-refractivity contribution in [1.82, 2.24) is 4.98 Å². The van der Waals surface area contributed by atoms with Crippen molar-refractivity contribution in [3.8, 4) is 0 Å². The summed E-state index contributed by atoms with van der Waals surface area (Å²) >= 11 is 0. The van der Waals surface area contributed by atoms with Gasteiger partial charge in [0.05, 0.1) is 12.8 Å². The van der Waals surface area contributed by atoms with E-state index in [2.05, 4.69) is 4.98 Å². The molecule has 0 saturated heterocycles. The highest BCUT2D eigenvalue weighted by Gasteiger charge is 1.96. The molecule has 2 aromatic rings. The molecule has 1 aromatic carbocycles. The molecule has 3 nitrogen and oxygen atoms in total. The van der Waals surface area contributed by atoms with Crippen LogP contribution in [0.3, 0.4) is 0 Å². The van der Waals surface area contributed by atoms with Crippen molar-refractivity contribution in [1.29, 1.82) is 0 Å². The Hall–Kier alpha value is -1.61. The smallest absolute Gasteiger partial charge is 0.180 e. The van der Waals surface area contributed by atoms with E-state index in [1.54, 1.807) is 6.20 Å². The molecule has 0 radical (unpaired) electrons. The maximum absolute atomic E-state index is 5.43. The number of ether oxygens (including phenoxy) is 1. The van der Waals surface area contributed by atoms with Gasteiger partial charge in [0, 0.05) is 0 Å². The molecule has 3 heteroatoms. The van der Waals surface area contributed by atoms with Crippen molar-refractivity contribution in [3.05, 3.63) is 54.2 Å². The zero-order valence-corrected chi connectivity index (χ0v) is 7.72. The first-order valence-electron chi connectivity index (χ1n) is 4.44. The van der Waals surface area contributed by atoms with E-state index in [0.717, 1.165) is 11.3 Å². The lowest BCUT2D eigenvalue weighted by Gasteiger charge is -2.01. The molecular formula is C11H11NO2. The summed E-state index contributed by atoms with van der Waals surface area (Å²) in [7, 11) is 0. The minimum Gasteiger partial charge on any atom is -0.446 e. The maximum Gasteiger partial charge on any atom is 0.180 e. The fourth-order valence-electron chi connectivity index (χ4n) is 1.16. The molecule has 0 atom stereocenters. The standard InChI is InChI=1S/C11H11NO2/c1-2-4-10(5-3-1)7-13-8-11-6-12-9-14-11/h1-6,9H,7-8H2. The zero-order valence-electron chi connectivity index (χ0n) is 7.72. The van der Waals surface area contributed by atoms with Crippen LogP contribution in [-0.2, 0) is 18.0 Å². The van der Waals surface area contributed by atoms with Gasteiger partial charge < -0.3 is 9.15 Å². The predicted octanol–water partition coefficient (Wildman–Crippen LogP) is 2.39. The maximum atomic E-state index is 5.43. The molecule has 72 valence electrons. The van der Waals surface area contributed by atoms with Crippen LogP contribution in [0.25, 0.3) is 0 Å². The quantitative estimate of drug-likeness (QED) is 0.740. The first kappa shape index (κ1) is 8.97. The Morgan fingerprint density at radius 1 is 1.14 bits per heavy atom. The van der Waals surface area contributed by atoms with Crippen molar-refractivity contribution in [3.63, 3.8) is 0 Å². The zero-order chi connectivity index (χ0) is 9.64. The average molecular weight is 189 g/mol. The van der Waals surface area contributed by atoms with Gasteiger partial charge in [-0.1, -0.05) is 30.3 Å². The lowest BCUT2D eigenvalue weighted by molar-refractivity contribution is 0.0929. The molecule has 0 spiro atoms. The van der Waals surface area contributed by atoms with Gasteiger partial charge in [0.15, 0.2) is 6.39 Å². The number of hydrogen-bond acceptors (Lipinski definition) is 3. The summed E-state index contributed by atoms with van der Waals surface area (Å²) in [4.78, 5) is 3.80. The lowest BCUT2D eigenvalue weighted by atomic mass is 10.2. The monoisotopic (exact) mass is 189 g/mol. The summed E-state index contributed by atoms with van der Waals surface area (Å²) in [5.74, 6) is 0.751. The summed E-state index contributed by atoms with van der Waals surface area (Å²) in [5.41, 5.74) is 1.16. The third-order valence-corrected chi connectivity index (χ3v) is 1.84. The molecule has 0 bridgehead atoms. The highest BCUT2D eigenvalue weighted by atomic mass is 16.5. The van der Waals surface area contributed by atoms with E-state index in [0.29, 0.717) is 13.2 Å². The van der Waals surface area contributed by atoms with Crippen LogP contribution >= 0.6 is 0 Å². The van der Waals surface area contributed by atoms with E-state index in [4.69, 9.17) is 9.15 Å². The number of benzene rings is 1. The molecule has 1 aromatic heterocycles. The van der Waals surface area contributed by atoms with Crippen LogP contribution in [0, 0.1) is 0 Å². The minimum absolute atomic E-state index is 0.467. The van der Waals surface area contributed by atoms with Crippen molar-refractivity contribution in [2.75, 3.05) is 0 Å². The molecule has 2 rings (SSSR count). The van der Waals surface area contributed by atoms with E-state index in [1.807, 2.05) is 30.3 Å². The Balaban J connectivity index is 1.79. The lowest BCUT2D eigenvalue weighted by Crippen LogP contribution is -1.92. The first-order chi connectivity index (χ1) is 6.95. The summed E-state index contributed by atoms with van der Waals surface area (Å²) < 4.78 is 10.5. The molecule has 14 heavy (non-hydrogen) atoms. The van der Waals surface area contributed by atoms with E-state index < -0.39 is 0 Å². The normalized spacial score (nSPS) is 10.3. The summed E-state index contributed by atoms with van der Waals surface area (Å²) in [6.45, 7) is 1.07. The van der Waals surface area contributed by atoms with Gasteiger partial charge in [-0.05, 0) is 5.56 Å². The van der Waals surface area contributed by atoms with Gasteiger partial charge in [-0.15, -0.1) is 0 Å². The number of rotatable bonds is 4. The molecule has 1 heterocycles. The minimum atomic E-state index is 0.467. The van der Waals surface area contributed by atoms with Crippen LogP contribution in [0.2, 0.25) is 0 Å². The number of nitrogens with zero attached hydrogens (tertiary/aromatic N) is 1. The van der Waals surface area contributed by atoms with Crippen LogP contribution in [0.5, 0.6) is 0 Å². The van der Waals surface area contributed by atoms with Gasteiger partial charge in [-0.2, -0.15) is 0 Å². The molecule has 0 fully saturated rings. The number of oxazole rings is 1. The van der Waals surface area contributed by atoms with Gasteiger partial charge in [-0.3, -0.25) is 0 Å². The molecule has 0 aliphatic heterocycles. The van der Waals surface area contributed by atoms with E-state index in [-0.39, 0.29) is 0 Å². The van der Waals surface area contributed by atoms with Gasteiger partial charge >= 0.3 is 0 Å².